The minimum Gasteiger partial charge on any atom is -0.285 e. The Labute approximate surface area is 154 Å². The molecule has 2 saturated heterocycles. The van der Waals surface area contributed by atoms with Gasteiger partial charge in [0.05, 0.1) is 0 Å². The summed E-state index contributed by atoms with van der Waals surface area (Å²) in [6, 6.07) is 0. The summed E-state index contributed by atoms with van der Waals surface area (Å²) >= 11 is 0. The Balaban J connectivity index is -0.0000000589. The van der Waals surface area contributed by atoms with E-state index in [1.54, 1.807) is 0 Å². The Morgan fingerprint density at radius 2 is 0.762 bits per heavy atom. The molecule has 21 heavy (non-hydrogen) atoms. The summed E-state index contributed by atoms with van der Waals surface area (Å²) < 4.78 is 0. The van der Waals surface area contributed by atoms with Crippen molar-refractivity contribution < 1.29 is 51.9 Å². The van der Waals surface area contributed by atoms with Gasteiger partial charge in [0, 0.05) is 46.8 Å². The molecule has 2 heterocycles. The molecular weight excluding hydrogens is 349 g/mol. The van der Waals surface area contributed by atoms with E-state index in [4.69, 9.17) is 0 Å². The third-order valence-corrected chi connectivity index (χ3v) is 2.10. The summed E-state index contributed by atoms with van der Waals surface area (Å²) in [5, 5.41) is 0. The number of imide groups is 2. The zero-order valence-electron chi connectivity index (χ0n) is 12.5. The van der Waals surface area contributed by atoms with Crippen molar-refractivity contribution >= 4 is 23.6 Å². The molecule has 0 atom stereocenters. The molecule has 0 aromatic rings. The Hall–Kier alpha value is -0.616. The first-order valence-electron chi connectivity index (χ1n) is 6.02. The predicted octanol–water partition coefficient (Wildman–Crippen LogP) is 2.07. The van der Waals surface area contributed by atoms with Gasteiger partial charge in [-0.15, -0.1) is 0 Å². The number of hydrogen-bond acceptors (Lipinski definition) is 4. The van der Waals surface area contributed by atoms with Crippen LogP contribution in [0.2, 0.25) is 0 Å². The minimum atomic E-state index is -0.0787. The summed E-state index contributed by atoms with van der Waals surface area (Å²) in [6.45, 7) is 8.00. The Kier molecular flexibility index (Phi) is 26.9. The van der Waals surface area contributed by atoms with Gasteiger partial charge in [0.15, 0.2) is 0 Å². The molecule has 2 aliphatic rings. The van der Waals surface area contributed by atoms with E-state index >= 15 is 0 Å². The molecule has 6 nitrogen and oxygen atoms in total. The van der Waals surface area contributed by atoms with Crippen LogP contribution in [-0.2, 0) is 51.9 Å². The average molecular weight is 379 g/mol. The number of hydrogen-bond donors (Lipinski definition) is 0. The molecule has 0 N–H and O–H groups in total. The zero-order chi connectivity index (χ0) is 14.9. The van der Waals surface area contributed by atoms with Crippen LogP contribution < -0.4 is 0 Å². The molecular formula is C14H30N2O4Y. The van der Waals surface area contributed by atoms with Gasteiger partial charge in [-0.05, 0) is 0 Å². The van der Waals surface area contributed by atoms with Crippen molar-refractivity contribution in [3.05, 3.63) is 0 Å². The van der Waals surface area contributed by atoms with Crippen LogP contribution in [0.3, 0.4) is 0 Å². The Morgan fingerprint density at radius 3 is 0.762 bits per heavy atom. The van der Waals surface area contributed by atoms with Gasteiger partial charge in [-0.3, -0.25) is 29.0 Å². The van der Waals surface area contributed by atoms with Crippen molar-refractivity contribution in [1.29, 1.82) is 0 Å². The molecule has 2 rings (SSSR count). The molecule has 4 amide bonds. The second-order valence-corrected chi connectivity index (χ2v) is 3.05. The van der Waals surface area contributed by atoms with E-state index in [2.05, 4.69) is 0 Å². The van der Waals surface area contributed by atoms with Crippen LogP contribution in [0.5, 0.6) is 0 Å². The summed E-state index contributed by atoms with van der Waals surface area (Å²) in [4.78, 5) is 42.8. The molecule has 2 fully saturated rings. The maximum atomic E-state index is 10.1. The second-order valence-electron chi connectivity index (χ2n) is 3.05. The van der Waals surface area contributed by atoms with E-state index in [0.29, 0.717) is 0 Å². The van der Waals surface area contributed by atoms with E-state index in [9.17, 15) is 19.2 Å². The number of likely N-dealkylation sites (tertiary alicyclic amines) is 2. The average Bonchev–Trinajstić information content (AvgIpc) is 2.44. The molecule has 0 spiro atoms. The smallest absolute Gasteiger partial charge is 0.238 e. The fourth-order valence-corrected chi connectivity index (χ4v) is 0.829. The summed E-state index contributed by atoms with van der Waals surface area (Å²) in [7, 11) is 2.96. The van der Waals surface area contributed by atoms with Gasteiger partial charge in [-0.1, -0.05) is 42.5 Å². The standard InChI is InChI=1S/2C4H5NO2.2C2H6.2CH4.Y/c2*1-5-3(6)2-4(5)7;2*1-2;;;/h2*2H2,1H3;2*1-2H3;2*1H4;. The number of rotatable bonds is 0. The van der Waals surface area contributed by atoms with E-state index < -0.39 is 0 Å². The molecule has 123 valence electrons. The molecule has 0 bridgehead atoms. The molecule has 0 aromatic heterocycles. The van der Waals surface area contributed by atoms with Crippen molar-refractivity contribution in [3.8, 4) is 0 Å². The molecule has 0 saturated carbocycles. The van der Waals surface area contributed by atoms with Crippen LogP contribution >= 0.6 is 0 Å². The van der Waals surface area contributed by atoms with Crippen molar-refractivity contribution in [2.24, 2.45) is 0 Å². The van der Waals surface area contributed by atoms with Gasteiger partial charge in [0.1, 0.15) is 12.8 Å². The van der Waals surface area contributed by atoms with Crippen molar-refractivity contribution in [1.82, 2.24) is 9.80 Å². The molecule has 0 unspecified atom stereocenters. The third-order valence-electron chi connectivity index (χ3n) is 2.10. The molecule has 1 radical (unpaired) electrons. The molecule has 0 aliphatic carbocycles. The van der Waals surface area contributed by atoms with Gasteiger partial charge < -0.3 is 0 Å². The van der Waals surface area contributed by atoms with E-state index in [1.165, 1.54) is 14.1 Å². The van der Waals surface area contributed by atoms with Crippen molar-refractivity contribution in [3.63, 3.8) is 0 Å². The quantitative estimate of drug-likeness (QED) is 0.477. The largest absolute Gasteiger partial charge is 0.285 e. The van der Waals surface area contributed by atoms with Crippen LogP contribution in [0.15, 0.2) is 0 Å². The van der Waals surface area contributed by atoms with Gasteiger partial charge in [0.25, 0.3) is 0 Å². The van der Waals surface area contributed by atoms with Crippen molar-refractivity contribution in [2.75, 3.05) is 14.1 Å². The first kappa shape index (κ1) is 32.4. The number of carbonyl (C=O) groups excluding carboxylic acids is 4. The summed E-state index contributed by atoms with van der Waals surface area (Å²) in [6.07, 6.45) is 0.215. The van der Waals surface area contributed by atoms with Crippen LogP contribution in [0.4, 0.5) is 0 Å². The summed E-state index contributed by atoms with van der Waals surface area (Å²) in [5.74, 6) is -0.315. The number of carbonyl (C=O) groups is 4. The third kappa shape index (κ3) is 10.7. The molecule has 0 aromatic carbocycles. The Morgan fingerprint density at radius 1 is 0.619 bits per heavy atom. The van der Waals surface area contributed by atoms with Crippen LogP contribution in [0.25, 0.3) is 0 Å². The normalized spacial score (nSPS) is 13.8. The van der Waals surface area contributed by atoms with Crippen molar-refractivity contribution in [2.45, 2.75) is 55.4 Å². The Bertz CT molecular complexity index is 273. The van der Waals surface area contributed by atoms with Crippen LogP contribution in [0.1, 0.15) is 55.4 Å². The fourth-order valence-electron chi connectivity index (χ4n) is 0.829. The first-order chi connectivity index (χ1) is 8.43. The summed E-state index contributed by atoms with van der Waals surface area (Å²) in [5.41, 5.74) is 0. The second kappa shape index (κ2) is 17.4. The fraction of sp³-hybridized carbons (Fsp3) is 0.714. The topological polar surface area (TPSA) is 74.8 Å². The maximum absolute atomic E-state index is 10.1. The zero-order valence-corrected chi connectivity index (χ0v) is 15.4. The number of β-lactam (4-membered cyclic amide) rings is 4. The predicted molar refractivity (Wildman–Crippen MR) is 80.9 cm³/mol. The van der Waals surface area contributed by atoms with Gasteiger partial charge in [-0.2, -0.15) is 0 Å². The van der Waals surface area contributed by atoms with Gasteiger partial charge in [-0.25, -0.2) is 0 Å². The molecule has 7 heteroatoms. The monoisotopic (exact) mass is 379 g/mol. The van der Waals surface area contributed by atoms with E-state index in [0.717, 1.165) is 9.80 Å². The van der Waals surface area contributed by atoms with Crippen LogP contribution in [-0.4, -0.2) is 47.5 Å². The number of amides is 4. The first-order valence-corrected chi connectivity index (χ1v) is 6.02. The van der Waals surface area contributed by atoms with Gasteiger partial charge >= 0.3 is 0 Å². The van der Waals surface area contributed by atoms with Crippen LogP contribution in [0, 0.1) is 0 Å². The van der Waals surface area contributed by atoms with Gasteiger partial charge in [0.2, 0.25) is 23.6 Å². The minimum absolute atomic E-state index is 0. The molecule has 2 aliphatic heterocycles. The number of nitrogens with zero attached hydrogens (tertiary/aromatic N) is 2. The van der Waals surface area contributed by atoms with E-state index in [1.807, 2.05) is 27.7 Å². The van der Waals surface area contributed by atoms with E-state index in [-0.39, 0.29) is 84.0 Å². The maximum Gasteiger partial charge on any atom is 0.238 e. The SMILES string of the molecule is C.C.CC.CC.CN1C(=O)CC1=O.CN1C(=O)CC1=O.[Y].